The molecule has 2 fully saturated rings. The van der Waals surface area contributed by atoms with Crippen LogP contribution in [0.25, 0.3) is 0 Å². The quantitative estimate of drug-likeness (QED) is 0.762. The highest BCUT2D eigenvalue weighted by atomic mass is 32.2. The molecular weight excluding hydrogens is 364 g/mol. The van der Waals surface area contributed by atoms with Crippen molar-refractivity contribution in [1.29, 1.82) is 0 Å². The molecule has 144 valence electrons. The van der Waals surface area contributed by atoms with Gasteiger partial charge in [0.2, 0.25) is 16.8 Å². The first-order chi connectivity index (χ1) is 12.3. The second kappa shape index (κ2) is 7.37. The Bertz CT molecular complexity index is 788. The number of hydrogen-bond acceptors (Lipinski definition) is 6. The lowest BCUT2D eigenvalue weighted by Gasteiger charge is -2.26. The summed E-state index contributed by atoms with van der Waals surface area (Å²) < 4.78 is 36.8. The summed E-state index contributed by atoms with van der Waals surface area (Å²) in [5.41, 5.74) is 0. The number of carbonyl (C=O) groups is 2. The maximum Gasteiger partial charge on any atom is 0.371 e. The number of hydrogen-bond donors (Lipinski definition) is 1. The fourth-order valence-corrected chi connectivity index (χ4v) is 5.15. The van der Waals surface area contributed by atoms with Gasteiger partial charge in [0.1, 0.15) is 6.04 Å². The number of amides is 1. The number of likely N-dealkylation sites (tertiary alicyclic amines) is 1. The Morgan fingerprint density at radius 3 is 2.73 bits per heavy atom. The van der Waals surface area contributed by atoms with Crippen molar-refractivity contribution in [3.05, 3.63) is 17.9 Å². The molecule has 1 aromatic heterocycles. The van der Waals surface area contributed by atoms with Crippen LogP contribution in [0.5, 0.6) is 0 Å². The third-order valence-electron chi connectivity index (χ3n) is 4.84. The van der Waals surface area contributed by atoms with Crippen LogP contribution in [-0.2, 0) is 19.6 Å². The number of aromatic carboxylic acids is 1. The van der Waals surface area contributed by atoms with Crippen LogP contribution in [0, 0.1) is 5.92 Å². The predicted octanol–water partition coefficient (Wildman–Crippen LogP) is 0.626. The van der Waals surface area contributed by atoms with Crippen LogP contribution < -0.4 is 0 Å². The highest BCUT2D eigenvalue weighted by molar-refractivity contribution is 7.89. The minimum absolute atomic E-state index is 0.206. The molecule has 0 aliphatic carbocycles. The SMILES string of the molecule is COCC1CCN(C(=O)C2CCCN2S(=O)(=O)c2ccc(C(=O)O)o2)C1. The van der Waals surface area contributed by atoms with Crippen LogP contribution >= 0.6 is 0 Å². The van der Waals surface area contributed by atoms with Gasteiger partial charge in [0.05, 0.1) is 6.61 Å². The Kier molecular flexibility index (Phi) is 5.35. The van der Waals surface area contributed by atoms with Crippen molar-refractivity contribution < 1.29 is 32.3 Å². The molecule has 0 saturated carbocycles. The lowest BCUT2D eigenvalue weighted by Crippen LogP contribution is -2.47. The van der Waals surface area contributed by atoms with Crippen molar-refractivity contribution in [2.24, 2.45) is 5.92 Å². The third kappa shape index (κ3) is 3.49. The van der Waals surface area contributed by atoms with Gasteiger partial charge in [0, 0.05) is 32.7 Å². The van der Waals surface area contributed by atoms with Gasteiger partial charge in [-0.15, -0.1) is 0 Å². The summed E-state index contributed by atoms with van der Waals surface area (Å²) in [6.45, 7) is 1.92. The first-order valence-corrected chi connectivity index (χ1v) is 9.91. The van der Waals surface area contributed by atoms with Crippen molar-refractivity contribution in [3.63, 3.8) is 0 Å². The van der Waals surface area contributed by atoms with E-state index in [4.69, 9.17) is 14.3 Å². The summed E-state index contributed by atoms with van der Waals surface area (Å²) in [5, 5.41) is 8.46. The molecule has 2 aliphatic rings. The number of nitrogens with zero attached hydrogens (tertiary/aromatic N) is 2. The number of carbonyl (C=O) groups excluding carboxylic acids is 1. The third-order valence-corrected chi connectivity index (χ3v) is 6.63. The molecule has 3 heterocycles. The van der Waals surface area contributed by atoms with Gasteiger partial charge in [-0.25, -0.2) is 13.2 Å². The van der Waals surface area contributed by atoms with E-state index < -0.39 is 32.9 Å². The van der Waals surface area contributed by atoms with E-state index in [1.165, 1.54) is 0 Å². The standard InChI is InChI=1S/C16H22N2O7S/c1-24-10-11-6-8-17(9-11)15(19)12-3-2-7-18(12)26(22,23)14-5-4-13(25-14)16(20)21/h4-5,11-12H,2-3,6-10H2,1H3,(H,20,21). The van der Waals surface area contributed by atoms with E-state index in [1.807, 2.05) is 0 Å². The van der Waals surface area contributed by atoms with Gasteiger partial charge >= 0.3 is 5.97 Å². The number of methoxy groups -OCH3 is 1. The van der Waals surface area contributed by atoms with Crippen molar-refractivity contribution in [2.45, 2.75) is 30.4 Å². The Balaban J connectivity index is 1.76. The second-order valence-corrected chi connectivity index (χ2v) is 8.41. The molecule has 3 rings (SSSR count). The average Bonchev–Trinajstić information content (AvgIpc) is 3.33. The van der Waals surface area contributed by atoms with Crippen LogP contribution in [0.2, 0.25) is 0 Å². The second-order valence-electron chi connectivity index (χ2n) is 6.59. The molecule has 1 N–H and O–H groups in total. The van der Waals surface area contributed by atoms with Crippen LogP contribution in [0.1, 0.15) is 29.8 Å². The molecule has 26 heavy (non-hydrogen) atoms. The molecular formula is C16H22N2O7S. The molecule has 1 aromatic rings. The zero-order chi connectivity index (χ0) is 18.9. The van der Waals surface area contributed by atoms with E-state index >= 15 is 0 Å². The average molecular weight is 386 g/mol. The topological polar surface area (TPSA) is 117 Å². The van der Waals surface area contributed by atoms with Crippen LogP contribution in [0.4, 0.5) is 0 Å². The van der Waals surface area contributed by atoms with Crippen molar-refractivity contribution in [2.75, 3.05) is 33.4 Å². The molecule has 0 radical (unpaired) electrons. The van der Waals surface area contributed by atoms with Crippen molar-refractivity contribution >= 4 is 21.9 Å². The van der Waals surface area contributed by atoms with Crippen LogP contribution in [0.3, 0.4) is 0 Å². The maximum atomic E-state index is 12.9. The Labute approximate surface area is 151 Å². The summed E-state index contributed by atoms with van der Waals surface area (Å²) >= 11 is 0. The van der Waals surface area contributed by atoms with Gasteiger partial charge in [-0.1, -0.05) is 0 Å². The number of sulfonamides is 1. The van der Waals surface area contributed by atoms with Gasteiger partial charge in [-0.05, 0) is 31.4 Å². The van der Waals surface area contributed by atoms with E-state index in [1.54, 1.807) is 12.0 Å². The molecule has 2 saturated heterocycles. The highest BCUT2D eigenvalue weighted by Crippen LogP contribution is 2.29. The summed E-state index contributed by atoms with van der Waals surface area (Å²) in [7, 11) is -2.45. The molecule has 0 aromatic carbocycles. The zero-order valence-electron chi connectivity index (χ0n) is 14.5. The molecule has 1 amide bonds. The molecule has 2 aliphatic heterocycles. The van der Waals surface area contributed by atoms with Crippen molar-refractivity contribution in [3.8, 4) is 0 Å². The van der Waals surface area contributed by atoms with Crippen molar-refractivity contribution in [1.82, 2.24) is 9.21 Å². The lowest BCUT2D eigenvalue weighted by atomic mass is 10.1. The first kappa shape index (κ1) is 18.9. The fourth-order valence-electron chi connectivity index (χ4n) is 3.58. The Morgan fingerprint density at radius 2 is 2.08 bits per heavy atom. The summed E-state index contributed by atoms with van der Waals surface area (Å²) in [4.78, 5) is 25.5. The molecule has 2 atom stereocenters. The molecule has 10 heteroatoms. The summed E-state index contributed by atoms with van der Waals surface area (Å²) in [6, 6.07) is 1.43. The largest absolute Gasteiger partial charge is 0.475 e. The summed E-state index contributed by atoms with van der Waals surface area (Å²) in [5.74, 6) is -1.75. The monoisotopic (exact) mass is 386 g/mol. The lowest BCUT2D eigenvalue weighted by molar-refractivity contribution is -0.133. The first-order valence-electron chi connectivity index (χ1n) is 8.47. The minimum Gasteiger partial charge on any atom is -0.475 e. The molecule has 2 unspecified atom stereocenters. The predicted molar refractivity (Wildman–Crippen MR) is 89.1 cm³/mol. The molecule has 9 nitrogen and oxygen atoms in total. The Morgan fingerprint density at radius 1 is 1.31 bits per heavy atom. The highest BCUT2D eigenvalue weighted by Gasteiger charge is 2.43. The molecule has 0 bridgehead atoms. The zero-order valence-corrected chi connectivity index (χ0v) is 15.3. The van der Waals surface area contributed by atoms with E-state index in [0.717, 1.165) is 22.9 Å². The van der Waals surface area contributed by atoms with Crippen LogP contribution in [-0.4, -0.2) is 74.0 Å². The van der Waals surface area contributed by atoms with Crippen LogP contribution in [0.15, 0.2) is 21.6 Å². The van der Waals surface area contributed by atoms with Gasteiger partial charge < -0.3 is 19.2 Å². The van der Waals surface area contributed by atoms with Gasteiger partial charge in [0.15, 0.2) is 0 Å². The summed E-state index contributed by atoms with van der Waals surface area (Å²) in [6.07, 6.45) is 1.84. The molecule has 0 spiro atoms. The minimum atomic E-state index is -4.07. The van der Waals surface area contributed by atoms with E-state index in [9.17, 15) is 18.0 Å². The number of furan rings is 1. The van der Waals surface area contributed by atoms with E-state index in [2.05, 4.69) is 0 Å². The number of carboxylic acids is 1. The fraction of sp³-hybridized carbons (Fsp3) is 0.625. The smallest absolute Gasteiger partial charge is 0.371 e. The number of ether oxygens (including phenoxy) is 1. The van der Waals surface area contributed by atoms with E-state index in [-0.39, 0.29) is 18.4 Å². The van der Waals surface area contributed by atoms with Gasteiger partial charge in [-0.2, -0.15) is 4.31 Å². The van der Waals surface area contributed by atoms with Gasteiger partial charge in [-0.3, -0.25) is 4.79 Å². The number of carboxylic acid groups (broad SMARTS) is 1. The Hall–Kier alpha value is -1.91. The van der Waals surface area contributed by atoms with Gasteiger partial charge in [0.25, 0.3) is 10.0 Å². The van der Waals surface area contributed by atoms with E-state index in [0.29, 0.717) is 32.5 Å². The number of rotatable bonds is 6. The normalized spacial score (nSPS) is 24.3. The maximum absolute atomic E-state index is 12.9.